The first-order valence-corrected chi connectivity index (χ1v) is 4.80. The van der Waals surface area contributed by atoms with E-state index >= 15 is 0 Å². The molecule has 0 bridgehead atoms. The monoisotopic (exact) mass is 208 g/mol. The maximum Gasteiger partial charge on any atom is 0.366 e. The molecule has 0 amide bonds. The SMILES string of the molecule is CCOC(=O)/C(F)=C\Cc1ccccc1. The second-order valence-electron chi connectivity index (χ2n) is 2.96. The lowest BCUT2D eigenvalue weighted by molar-refractivity contribution is -0.140. The smallest absolute Gasteiger partial charge is 0.366 e. The predicted molar refractivity (Wildman–Crippen MR) is 56.0 cm³/mol. The van der Waals surface area contributed by atoms with Crippen molar-refractivity contribution in [3.8, 4) is 0 Å². The van der Waals surface area contributed by atoms with Gasteiger partial charge in [0.1, 0.15) is 0 Å². The molecule has 0 aromatic heterocycles. The number of hydrogen-bond acceptors (Lipinski definition) is 2. The Morgan fingerprint density at radius 1 is 1.40 bits per heavy atom. The van der Waals surface area contributed by atoms with Crippen molar-refractivity contribution >= 4 is 5.97 Å². The minimum Gasteiger partial charge on any atom is -0.461 e. The van der Waals surface area contributed by atoms with Crippen LogP contribution in [0.2, 0.25) is 0 Å². The summed E-state index contributed by atoms with van der Waals surface area (Å²) in [6, 6.07) is 9.36. The van der Waals surface area contributed by atoms with Crippen LogP contribution in [-0.2, 0) is 16.0 Å². The van der Waals surface area contributed by atoms with Crippen LogP contribution in [0.15, 0.2) is 42.2 Å². The normalized spacial score (nSPS) is 11.2. The number of halogens is 1. The molecule has 0 saturated carbocycles. The first-order valence-electron chi connectivity index (χ1n) is 4.80. The summed E-state index contributed by atoms with van der Waals surface area (Å²) in [5, 5.41) is 0. The second kappa shape index (κ2) is 5.96. The van der Waals surface area contributed by atoms with Gasteiger partial charge in [0.25, 0.3) is 0 Å². The molecule has 0 radical (unpaired) electrons. The third-order valence-electron chi connectivity index (χ3n) is 1.83. The van der Waals surface area contributed by atoms with Crippen LogP contribution in [0.5, 0.6) is 0 Å². The van der Waals surface area contributed by atoms with Crippen molar-refractivity contribution in [3.05, 3.63) is 47.8 Å². The number of esters is 1. The number of carbonyl (C=O) groups is 1. The van der Waals surface area contributed by atoms with Gasteiger partial charge in [0, 0.05) is 0 Å². The zero-order valence-corrected chi connectivity index (χ0v) is 8.57. The molecular weight excluding hydrogens is 195 g/mol. The summed E-state index contributed by atoms with van der Waals surface area (Å²) >= 11 is 0. The third kappa shape index (κ3) is 3.94. The van der Waals surface area contributed by atoms with Crippen LogP contribution in [0.4, 0.5) is 4.39 Å². The van der Waals surface area contributed by atoms with E-state index in [0.29, 0.717) is 6.42 Å². The fourth-order valence-electron chi connectivity index (χ4n) is 1.10. The highest BCUT2D eigenvalue weighted by Crippen LogP contribution is 2.05. The van der Waals surface area contributed by atoms with Crippen LogP contribution in [0.3, 0.4) is 0 Å². The standard InChI is InChI=1S/C12H13FO2/c1-2-15-12(14)11(13)9-8-10-6-4-3-5-7-10/h3-7,9H,2,8H2,1H3/b11-9+. The van der Waals surface area contributed by atoms with Gasteiger partial charge in [-0.3, -0.25) is 0 Å². The van der Waals surface area contributed by atoms with E-state index in [1.54, 1.807) is 6.92 Å². The van der Waals surface area contributed by atoms with Crippen LogP contribution in [0, 0.1) is 0 Å². The molecule has 1 rings (SSSR count). The Bertz CT molecular complexity index is 344. The van der Waals surface area contributed by atoms with Crippen molar-refractivity contribution in [3.63, 3.8) is 0 Å². The lowest BCUT2D eigenvalue weighted by Crippen LogP contribution is -2.04. The van der Waals surface area contributed by atoms with E-state index in [4.69, 9.17) is 0 Å². The lowest BCUT2D eigenvalue weighted by atomic mass is 10.1. The Balaban J connectivity index is 2.54. The molecule has 0 N–H and O–H groups in total. The fraction of sp³-hybridized carbons (Fsp3) is 0.250. The van der Waals surface area contributed by atoms with E-state index < -0.39 is 11.8 Å². The second-order valence-corrected chi connectivity index (χ2v) is 2.96. The molecule has 80 valence electrons. The summed E-state index contributed by atoms with van der Waals surface area (Å²) in [7, 11) is 0. The Morgan fingerprint density at radius 3 is 2.67 bits per heavy atom. The Hall–Kier alpha value is -1.64. The van der Waals surface area contributed by atoms with Gasteiger partial charge in [-0.15, -0.1) is 0 Å². The van der Waals surface area contributed by atoms with Crippen molar-refractivity contribution in [1.29, 1.82) is 0 Å². The van der Waals surface area contributed by atoms with Crippen molar-refractivity contribution in [1.82, 2.24) is 0 Å². The highest BCUT2D eigenvalue weighted by atomic mass is 19.1. The number of ether oxygens (including phenoxy) is 1. The summed E-state index contributed by atoms with van der Waals surface area (Å²) < 4.78 is 17.6. The number of carbonyl (C=O) groups excluding carboxylic acids is 1. The summed E-state index contributed by atoms with van der Waals surface area (Å²) in [4.78, 5) is 10.9. The van der Waals surface area contributed by atoms with Gasteiger partial charge < -0.3 is 4.74 Å². The number of hydrogen-bond donors (Lipinski definition) is 0. The van der Waals surface area contributed by atoms with E-state index in [9.17, 15) is 9.18 Å². The number of rotatable bonds is 4. The minimum atomic E-state index is -0.895. The van der Waals surface area contributed by atoms with Crippen LogP contribution in [-0.4, -0.2) is 12.6 Å². The van der Waals surface area contributed by atoms with E-state index in [0.717, 1.165) is 5.56 Å². The predicted octanol–water partition coefficient (Wildman–Crippen LogP) is 2.65. The Labute approximate surface area is 88.4 Å². The quantitative estimate of drug-likeness (QED) is 0.561. The van der Waals surface area contributed by atoms with Crippen molar-refractivity contribution < 1.29 is 13.9 Å². The van der Waals surface area contributed by atoms with Crippen LogP contribution >= 0.6 is 0 Å². The molecule has 2 nitrogen and oxygen atoms in total. The maximum atomic E-state index is 13.1. The topological polar surface area (TPSA) is 26.3 Å². The van der Waals surface area contributed by atoms with Crippen LogP contribution in [0.25, 0.3) is 0 Å². The average Bonchev–Trinajstić information content (AvgIpc) is 2.27. The van der Waals surface area contributed by atoms with Gasteiger partial charge in [-0.25, -0.2) is 4.79 Å². The highest BCUT2D eigenvalue weighted by Gasteiger charge is 2.07. The van der Waals surface area contributed by atoms with E-state index in [1.807, 2.05) is 30.3 Å². The molecule has 1 aromatic rings. The first-order chi connectivity index (χ1) is 7.24. The van der Waals surface area contributed by atoms with Crippen molar-refractivity contribution in [2.45, 2.75) is 13.3 Å². The van der Waals surface area contributed by atoms with Gasteiger partial charge in [0.2, 0.25) is 5.83 Å². The molecule has 15 heavy (non-hydrogen) atoms. The summed E-state index contributed by atoms with van der Waals surface area (Å²) in [6.07, 6.45) is 1.62. The molecule has 0 heterocycles. The number of allylic oxidation sites excluding steroid dienone is 1. The summed E-state index contributed by atoms with van der Waals surface area (Å²) in [5.74, 6) is -1.73. The number of benzene rings is 1. The van der Waals surface area contributed by atoms with E-state index in [1.165, 1.54) is 6.08 Å². The van der Waals surface area contributed by atoms with Gasteiger partial charge in [-0.2, -0.15) is 4.39 Å². The molecular formula is C12H13FO2. The fourth-order valence-corrected chi connectivity index (χ4v) is 1.10. The van der Waals surface area contributed by atoms with Crippen LogP contribution < -0.4 is 0 Å². The van der Waals surface area contributed by atoms with E-state index in [2.05, 4.69) is 4.74 Å². The zero-order valence-electron chi connectivity index (χ0n) is 8.57. The zero-order chi connectivity index (χ0) is 11.1. The lowest BCUT2D eigenvalue weighted by Gasteiger charge is -1.98. The molecule has 3 heteroatoms. The van der Waals surface area contributed by atoms with Gasteiger partial charge in [0.15, 0.2) is 0 Å². The molecule has 0 fully saturated rings. The molecule has 0 saturated heterocycles. The maximum absolute atomic E-state index is 13.1. The molecule has 1 aromatic carbocycles. The largest absolute Gasteiger partial charge is 0.461 e. The van der Waals surface area contributed by atoms with Gasteiger partial charge in [0.05, 0.1) is 6.61 Å². The average molecular weight is 208 g/mol. The third-order valence-corrected chi connectivity index (χ3v) is 1.83. The van der Waals surface area contributed by atoms with Crippen LogP contribution in [0.1, 0.15) is 12.5 Å². The minimum absolute atomic E-state index is 0.186. The van der Waals surface area contributed by atoms with Crippen molar-refractivity contribution in [2.24, 2.45) is 0 Å². The molecule has 0 aliphatic rings. The molecule has 0 atom stereocenters. The first kappa shape index (κ1) is 11.4. The summed E-state index contributed by atoms with van der Waals surface area (Å²) in [5.41, 5.74) is 0.956. The Morgan fingerprint density at radius 2 is 2.07 bits per heavy atom. The van der Waals surface area contributed by atoms with Gasteiger partial charge >= 0.3 is 5.97 Å². The Kier molecular flexibility index (Phi) is 4.54. The molecule has 0 spiro atoms. The molecule has 0 aliphatic carbocycles. The molecule has 0 aliphatic heterocycles. The highest BCUT2D eigenvalue weighted by molar-refractivity contribution is 5.85. The van der Waals surface area contributed by atoms with Gasteiger partial charge in [-0.05, 0) is 25.0 Å². The molecule has 0 unspecified atom stereocenters. The van der Waals surface area contributed by atoms with Gasteiger partial charge in [-0.1, -0.05) is 30.3 Å². The van der Waals surface area contributed by atoms with E-state index in [-0.39, 0.29) is 6.61 Å². The van der Waals surface area contributed by atoms with Crippen molar-refractivity contribution in [2.75, 3.05) is 6.61 Å². The summed E-state index contributed by atoms with van der Waals surface area (Å²) in [6.45, 7) is 1.83.